The Bertz CT molecular complexity index is 1290. The first-order valence-corrected chi connectivity index (χ1v) is 13.3. The van der Waals surface area contributed by atoms with E-state index in [-0.39, 0.29) is 6.09 Å². The highest BCUT2D eigenvalue weighted by atomic mass is 16.6. The summed E-state index contributed by atoms with van der Waals surface area (Å²) in [7, 11) is 4.03. The third-order valence-corrected chi connectivity index (χ3v) is 6.76. The van der Waals surface area contributed by atoms with Crippen molar-refractivity contribution in [3.05, 3.63) is 58.8 Å². The molecule has 8 nitrogen and oxygen atoms in total. The number of likely N-dealkylation sites (tertiary alicyclic amines) is 1. The summed E-state index contributed by atoms with van der Waals surface area (Å²) >= 11 is 0. The van der Waals surface area contributed by atoms with Crippen LogP contribution in [0, 0.1) is 17.2 Å². The van der Waals surface area contributed by atoms with Crippen molar-refractivity contribution in [3.63, 3.8) is 0 Å². The highest BCUT2D eigenvalue weighted by molar-refractivity contribution is 5.84. The van der Waals surface area contributed by atoms with Gasteiger partial charge in [-0.25, -0.2) is 4.79 Å². The molecule has 202 valence electrons. The number of ether oxygens (including phenoxy) is 2. The van der Waals surface area contributed by atoms with Crippen molar-refractivity contribution < 1.29 is 18.8 Å². The molecule has 0 radical (unpaired) electrons. The van der Waals surface area contributed by atoms with Crippen molar-refractivity contribution >= 4 is 17.1 Å². The molecular weight excluding hydrogens is 480 g/mol. The largest absolute Gasteiger partial charge is 0.488 e. The van der Waals surface area contributed by atoms with Crippen molar-refractivity contribution in [2.45, 2.75) is 65.2 Å². The second-order valence-electron chi connectivity index (χ2n) is 11.3. The molecular formula is C30H38N4O4. The van der Waals surface area contributed by atoms with E-state index in [9.17, 15) is 10.1 Å². The van der Waals surface area contributed by atoms with Gasteiger partial charge in [-0.15, -0.1) is 0 Å². The second kappa shape index (κ2) is 11.9. The first kappa shape index (κ1) is 27.5. The predicted octanol–water partition coefficient (Wildman–Crippen LogP) is 5.92. The minimum atomic E-state index is -0.471. The zero-order chi connectivity index (χ0) is 27.3. The third kappa shape index (κ3) is 7.05. The van der Waals surface area contributed by atoms with Crippen molar-refractivity contribution in [2.75, 3.05) is 27.2 Å². The fraction of sp³-hybridized carbons (Fsp3) is 0.500. The summed E-state index contributed by atoms with van der Waals surface area (Å²) < 4.78 is 17.6. The molecule has 1 aromatic heterocycles. The van der Waals surface area contributed by atoms with Crippen LogP contribution in [0.5, 0.6) is 5.75 Å². The Kier molecular flexibility index (Phi) is 8.58. The molecule has 0 atom stereocenters. The monoisotopic (exact) mass is 518 g/mol. The Balaban J connectivity index is 1.41. The van der Waals surface area contributed by atoms with Crippen molar-refractivity contribution in [2.24, 2.45) is 5.92 Å². The highest BCUT2D eigenvalue weighted by Gasteiger charge is 2.27. The van der Waals surface area contributed by atoms with Gasteiger partial charge in [-0.3, -0.25) is 0 Å². The van der Waals surface area contributed by atoms with Crippen LogP contribution in [0.4, 0.5) is 4.79 Å². The quantitative estimate of drug-likeness (QED) is 0.365. The van der Waals surface area contributed by atoms with E-state index in [2.05, 4.69) is 16.1 Å². The van der Waals surface area contributed by atoms with E-state index in [1.807, 2.05) is 70.1 Å². The van der Waals surface area contributed by atoms with Crippen LogP contribution < -0.4 is 4.74 Å². The Morgan fingerprint density at radius 1 is 1.21 bits per heavy atom. The highest BCUT2D eigenvalue weighted by Crippen LogP contribution is 2.33. The average molecular weight is 519 g/mol. The van der Waals surface area contributed by atoms with Crippen LogP contribution in [-0.4, -0.2) is 53.8 Å². The van der Waals surface area contributed by atoms with E-state index >= 15 is 0 Å². The topological polar surface area (TPSA) is 91.8 Å². The molecule has 2 heterocycles. The standard InChI is InChI=1S/C30H38N4O4/c1-30(2,3)37-29(35)34-15-13-21(14-16-34)9-11-26-24-10-12-27(25(19-33(4)5)28(24)38-32-26)36-20-23-8-6-7-22(17-23)18-31/h6-8,10,12,17,21H,9,11,13-16,19-20H2,1-5H3. The fourth-order valence-corrected chi connectivity index (χ4v) is 4.84. The van der Waals surface area contributed by atoms with E-state index < -0.39 is 5.60 Å². The van der Waals surface area contributed by atoms with Crippen LogP contribution in [0.25, 0.3) is 11.0 Å². The minimum Gasteiger partial charge on any atom is -0.488 e. The molecule has 1 fully saturated rings. The number of carbonyl (C=O) groups is 1. The predicted molar refractivity (Wildman–Crippen MR) is 146 cm³/mol. The molecule has 0 bridgehead atoms. The minimum absolute atomic E-state index is 0.220. The lowest BCUT2D eigenvalue weighted by atomic mass is 9.91. The molecule has 38 heavy (non-hydrogen) atoms. The number of rotatable bonds is 8. The molecule has 0 aliphatic carbocycles. The summed E-state index contributed by atoms with van der Waals surface area (Å²) in [4.78, 5) is 16.3. The average Bonchev–Trinajstić information content (AvgIpc) is 3.29. The molecule has 1 saturated heterocycles. The maximum absolute atomic E-state index is 12.4. The van der Waals surface area contributed by atoms with Gasteiger partial charge in [0, 0.05) is 25.0 Å². The van der Waals surface area contributed by atoms with Gasteiger partial charge < -0.3 is 23.8 Å². The smallest absolute Gasteiger partial charge is 0.410 e. The number of aromatic nitrogens is 1. The van der Waals surface area contributed by atoms with E-state index in [4.69, 9.17) is 14.0 Å². The van der Waals surface area contributed by atoms with Crippen molar-refractivity contribution in [3.8, 4) is 11.8 Å². The Morgan fingerprint density at radius 2 is 1.97 bits per heavy atom. The summed E-state index contributed by atoms with van der Waals surface area (Å²) in [5.74, 6) is 1.29. The van der Waals surface area contributed by atoms with Crippen molar-refractivity contribution in [1.82, 2.24) is 15.0 Å². The number of nitrogens with zero attached hydrogens (tertiary/aromatic N) is 4. The van der Waals surface area contributed by atoms with Crippen LogP contribution in [0.3, 0.4) is 0 Å². The van der Waals surface area contributed by atoms with Crippen molar-refractivity contribution in [1.29, 1.82) is 5.26 Å². The molecule has 0 N–H and O–H groups in total. The van der Waals surface area contributed by atoms with Gasteiger partial charge in [0.25, 0.3) is 0 Å². The molecule has 3 aromatic rings. The first-order valence-electron chi connectivity index (χ1n) is 13.3. The normalized spacial score (nSPS) is 14.6. The van der Waals surface area contributed by atoms with Crippen LogP contribution in [0.1, 0.15) is 62.4 Å². The lowest BCUT2D eigenvalue weighted by Crippen LogP contribution is -2.41. The number of fused-ring (bicyclic) bond motifs is 1. The summed E-state index contributed by atoms with van der Waals surface area (Å²) in [5, 5.41) is 14.6. The summed E-state index contributed by atoms with van der Waals surface area (Å²) in [5.41, 5.74) is 3.77. The van der Waals surface area contributed by atoms with E-state index in [1.54, 1.807) is 6.07 Å². The van der Waals surface area contributed by atoms with Gasteiger partial charge in [0.15, 0.2) is 5.58 Å². The van der Waals surface area contributed by atoms with E-state index in [0.717, 1.165) is 72.3 Å². The number of carbonyl (C=O) groups excluding carboxylic acids is 1. The molecule has 4 rings (SSSR count). The van der Waals surface area contributed by atoms with Gasteiger partial charge >= 0.3 is 6.09 Å². The number of piperidine rings is 1. The molecule has 1 amide bonds. The van der Waals surface area contributed by atoms with Gasteiger partial charge in [-0.2, -0.15) is 5.26 Å². The summed E-state index contributed by atoms with van der Waals surface area (Å²) in [6, 6.07) is 13.6. The number of amides is 1. The molecule has 0 saturated carbocycles. The van der Waals surface area contributed by atoms with Gasteiger partial charge in [0.2, 0.25) is 0 Å². The van der Waals surface area contributed by atoms with E-state index in [1.165, 1.54) is 0 Å². The van der Waals surface area contributed by atoms with Crippen LogP contribution in [0.15, 0.2) is 40.9 Å². The van der Waals surface area contributed by atoms with Gasteiger partial charge in [-0.1, -0.05) is 17.3 Å². The molecule has 0 spiro atoms. The molecule has 2 aromatic carbocycles. The van der Waals surface area contributed by atoms with Gasteiger partial charge in [-0.05, 0) is 96.3 Å². The third-order valence-electron chi connectivity index (χ3n) is 6.76. The molecule has 8 heteroatoms. The van der Waals surface area contributed by atoms with E-state index in [0.29, 0.717) is 24.6 Å². The van der Waals surface area contributed by atoms with Crippen LogP contribution in [0.2, 0.25) is 0 Å². The van der Waals surface area contributed by atoms with Crippen LogP contribution in [-0.2, 0) is 24.3 Å². The molecule has 0 unspecified atom stereocenters. The maximum Gasteiger partial charge on any atom is 0.410 e. The maximum atomic E-state index is 12.4. The number of nitriles is 1. The number of aryl methyl sites for hydroxylation is 1. The Labute approximate surface area is 225 Å². The SMILES string of the molecule is CN(C)Cc1c(OCc2cccc(C#N)c2)ccc2c(CCC3CCN(C(=O)OC(C)(C)C)CC3)noc12. The lowest BCUT2D eigenvalue weighted by molar-refractivity contribution is 0.0181. The van der Waals surface area contributed by atoms with Crippen LogP contribution >= 0.6 is 0 Å². The summed E-state index contributed by atoms with van der Waals surface area (Å²) in [6.45, 7) is 8.16. The number of benzene rings is 2. The first-order chi connectivity index (χ1) is 18.1. The zero-order valence-electron chi connectivity index (χ0n) is 23.1. The second-order valence-corrected chi connectivity index (χ2v) is 11.3. The van der Waals surface area contributed by atoms with Gasteiger partial charge in [0.1, 0.15) is 18.0 Å². The Hall–Kier alpha value is -3.57. The Morgan fingerprint density at radius 3 is 2.66 bits per heavy atom. The summed E-state index contributed by atoms with van der Waals surface area (Å²) in [6.07, 6.45) is 3.53. The zero-order valence-corrected chi connectivity index (χ0v) is 23.1. The lowest BCUT2D eigenvalue weighted by Gasteiger charge is -2.33. The molecule has 1 aliphatic heterocycles. The fourth-order valence-electron chi connectivity index (χ4n) is 4.84. The number of hydrogen-bond donors (Lipinski definition) is 0. The molecule has 1 aliphatic rings. The van der Waals surface area contributed by atoms with Gasteiger partial charge in [0.05, 0.1) is 22.9 Å². The number of hydrogen-bond acceptors (Lipinski definition) is 7.